The molecular weight excluding hydrogens is 300 g/mol. The number of hydrogen-bond acceptors (Lipinski definition) is 3. The molecule has 4 aliphatic carbocycles. The van der Waals surface area contributed by atoms with Crippen molar-refractivity contribution in [3.05, 3.63) is 48.1 Å². The van der Waals surface area contributed by atoms with Crippen LogP contribution < -0.4 is 0 Å². The van der Waals surface area contributed by atoms with E-state index in [1.807, 2.05) is 24.3 Å². The molecule has 0 spiro atoms. The number of phenols is 1. The minimum Gasteiger partial charge on any atom is -0.508 e. The van der Waals surface area contributed by atoms with Crippen LogP contribution in [0.15, 0.2) is 42.5 Å². The molecule has 3 nitrogen and oxygen atoms in total. The van der Waals surface area contributed by atoms with Gasteiger partial charge in [0.2, 0.25) is 0 Å². The quantitative estimate of drug-likeness (QED) is 0.505. The van der Waals surface area contributed by atoms with Crippen LogP contribution in [0.5, 0.6) is 5.75 Å². The first kappa shape index (κ1) is 15.5. The molecular formula is C21H24O3. The van der Waals surface area contributed by atoms with Gasteiger partial charge in [0, 0.05) is 6.08 Å². The van der Waals surface area contributed by atoms with Crippen molar-refractivity contribution in [3.8, 4) is 5.75 Å². The van der Waals surface area contributed by atoms with Crippen LogP contribution in [0, 0.1) is 17.8 Å². The highest BCUT2D eigenvalue weighted by Crippen LogP contribution is 2.57. The van der Waals surface area contributed by atoms with E-state index in [0.29, 0.717) is 0 Å². The summed E-state index contributed by atoms with van der Waals surface area (Å²) in [5, 5.41) is 9.25. The summed E-state index contributed by atoms with van der Waals surface area (Å²) in [5.74, 6) is 2.38. The van der Waals surface area contributed by atoms with Gasteiger partial charge in [-0.25, -0.2) is 4.79 Å². The van der Waals surface area contributed by atoms with Crippen LogP contribution in [0.1, 0.15) is 44.1 Å². The number of aromatic hydroxyl groups is 1. The first-order chi connectivity index (χ1) is 11.6. The number of ether oxygens (including phenoxy) is 1. The molecule has 1 aromatic carbocycles. The van der Waals surface area contributed by atoms with Gasteiger partial charge in [0.1, 0.15) is 11.4 Å². The van der Waals surface area contributed by atoms with Gasteiger partial charge in [-0.15, -0.1) is 0 Å². The number of hydrogen-bond donors (Lipinski definition) is 1. The third-order valence-electron chi connectivity index (χ3n) is 5.82. The molecule has 4 aliphatic rings. The van der Waals surface area contributed by atoms with E-state index >= 15 is 0 Å². The Labute approximate surface area is 143 Å². The van der Waals surface area contributed by atoms with Crippen molar-refractivity contribution in [2.75, 3.05) is 0 Å². The fourth-order valence-corrected chi connectivity index (χ4v) is 5.29. The number of benzene rings is 1. The van der Waals surface area contributed by atoms with Crippen molar-refractivity contribution in [2.45, 2.75) is 44.1 Å². The second-order valence-electron chi connectivity index (χ2n) is 7.83. The smallest absolute Gasteiger partial charge is 0.331 e. The normalized spacial score (nSPS) is 34.2. The molecule has 0 amide bonds. The standard InChI is InChI=1S/C21H24O3/c22-19-7-5-15(6-8-19)3-1-2-4-20(23)24-21-12-16-9-17(13-21)11-18(10-16)14-21/h1-8,16-18,22H,9-14H2. The Kier molecular flexibility index (Phi) is 3.95. The van der Waals surface area contributed by atoms with E-state index in [1.165, 1.54) is 25.3 Å². The van der Waals surface area contributed by atoms with E-state index < -0.39 is 0 Å². The van der Waals surface area contributed by atoms with Crippen molar-refractivity contribution in [1.29, 1.82) is 0 Å². The number of carbonyl (C=O) groups is 1. The lowest BCUT2D eigenvalue weighted by Gasteiger charge is -2.55. The van der Waals surface area contributed by atoms with E-state index in [1.54, 1.807) is 18.2 Å². The summed E-state index contributed by atoms with van der Waals surface area (Å²) in [4.78, 5) is 12.2. The average Bonchev–Trinajstić information content (AvgIpc) is 2.51. The highest BCUT2D eigenvalue weighted by atomic mass is 16.6. The summed E-state index contributed by atoms with van der Waals surface area (Å²) in [7, 11) is 0. The lowest BCUT2D eigenvalue weighted by molar-refractivity contribution is -0.181. The molecule has 0 atom stereocenters. The van der Waals surface area contributed by atoms with Gasteiger partial charge in [-0.3, -0.25) is 0 Å². The Hall–Kier alpha value is -2.03. The van der Waals surface area contributed by atoms with Gasteiger partial charge in [-0.05, 0) is 74.0 Å². The van der Waals surface area contributed by atoms with Gasteiger partial charge in [0.25, 0.3) is 0 Å². The first-order valence-electron chi connectivity index (χ1n) is 8.97. The number of phenolic OH excluding ortho intramolecular Hbond substituents is 1. The highest BCUT2D eigenvalue weighted by molar-refractivity contribution is 5.83. The molecule has 1 aromatic rings. The van der Waals surface area contributed by atoms with Gasteiger partial charge in [0.15, 0.2) is 0 Å². The summed E-state index contributed by atoms with van der Waals surface area (Å²) >= 11 is 0. The average molecular weight is 324 g/mol. The van der Waals surface area contributed by atoms with E-state index in [9.17, 15) is 9.90 Å². The van der Waals surface area contributed by atoms with Crippen LogP contribution in [-0.2, 0) is 9.53 Å². The van der Waals surface area contributed by atoms with Crippen molar-refractivity contribution < 1.29 is 14.6 Å². The fourth-order valence-electron chi connectivity index (χ4n) is 5.29. The summed E-state index contributed by atoms with van der Waals surface area (Å²) in [6, 6.07) is 6.94. The Morgan fingerprint density at radius 3 is 2.17 bits per heavy atom. The van der Waals surface area contributed by atoms with Crippen LogP contribution in [0.2, 0.25) is 0 Å². The zero-order valence-electron chi connectivity index (χ0n) is 13.9. The lowest BCUT2D eigenvalue weighted by Crippen LogP contribution is -2.52. The van der Waals surface area contributed by atoms with Crippen LogP contribution in [-0.4, -0.2) is 16.7 Å². The number of allylic oxidation sites excluding steroid dienone is 2. The van der Waals surface area contributed by atoms with Crippen LogP contribution in [0.4, 0.5) is 0 Å². The molecule has 4 bridgehead atoms. The van der Waals surface area contributed by atoms with Crippen LogP contribution in [0.3, 0.4) is 0 Å². The molecule has 1 N–H and O–H groups in total. The number of rotatable bonds is 4. The molecule has 4 saturated carbocycles. The molecule has 0 saturated heterocycles. The Balaban J connectivity index is 1.34. The maximum absolute atomic E-state index is 12.2. The molecule has 0 radical (unpaired) electrons. The predicted octanol–water partition coefficient (Wildman–Crippen LogP) is 4.47. The van der Waals surface area contributed by atoms with E-state index in [4.69, 9.17) is 4.74 Å². The lowest BCUT2D eigenvalue weighted by atomic mass is 9.54. The molecule has 0 aliphatic heterocycles. The molecule has 5 rings (SSSR count). The second-order valence-corrected chi connectivity index (χ2v) is 7.83. The van der Waals surface area contributed by atoms with Gasteiger partial charge in [-0.1, -0.05) is 30.4 Å². The van der Waals surface area contributed by atoms with E-state index in [-0.39, 0.29) is 17.3 Å². The van der Waals surface area contributed by atoms with E-state index in [0.717, 1.165) is 42.6 Å². The van der Waals surface area contributed by atoms with Gasteiger partial charge >= 0.3 is 5.97 Å². The van der Waals surface area contributed by atoms with Crippen LogP contribution >= 0.6 is 0 Å². The number of carbonyl (C=O) groups excluding carboxylic acids is 1. The maximum atomic E-state index is 12.2. The SMILES string of the molecule is O=C(C=CC=Cc1ccc(O)cc1)OC12CC3CC(CC(C3)C1)C2. The molecule has 3 heteroatoms. The largest absolute Gasteiger partial charge is 0.508 e. The van der Waals surface area contributed by atoms with E-state index in [2.05, 4.69) is 0 Å². The molecule has 0 heterocycles. The maximum Gasteiger partial charge on any atom is 0.331 e. The molecule has 126 valence electrons. The second kappa shape index (κ2) is 6.12. The fraction of sp³-hybridized carbons (Fsp3) is 0.476. The molecule has 0 aromatic heterocycles. The third-order valence-corrected chi connectivity index (χ3v) is 5.82. The molecule has 24 heavy (non-hydrogen) atoms. The minimum absolute atomic E-state index is 0.170. The Bertz CT molecular complexity index is 634. The van der Waals surface area contributed by atoms with Crippen molar-refractivity contribution in [3.63, 3.8) is 0 Å². The van der Waals surface area contributed by atoms with Crippen LogP contribution in [0.25, 0.3) is 6.08 Å². The molecule has 0 unspecified atom stereocenters. The van der Waals surface area contributed by atoms with Crippen molar-refractivity contribution >= 4 is 12.0 Å². The predicted molar refractivity (Wildman–Crippen MR) is 93.3 cm³/mol. The topological polar surface area (TPSA) is 46.5 Å². The Morgan fingerprint density at radius 2 is 1.58 bits per heavy atom. The van der Waals surface area contributed by atoms with Crippen molar-refractivity contribution in [1.82, 2.24) is 0 Å². The molecule has 4 fully saturated rings. The third kappa shape index (κ3) is 3.26. The van der Waals surface area contributed by atoms with Gasteiger partial charge in [-0.2, -0.15) is 0 Å². The summed E-state index contributed by atoms with van der Waals surface area (Å²) < 4.78 is 5.93. The number of esters is 1. The zero-order chi connectivity index (χ0) is 16.6. The Morgan fingerprint density at radius 1 is 1.00 bits per heavy atom. The van der Waals surface area contributed by atoms with Gasteiger partial charge in [0.05, 0.1) is 0 Å². The minimum atomic E-state index is -0.215. The summed E-state index contributed by atoms with van der Waals surface area (Å²) in [6.45, 7) is 0. The highest BCUT2D eigenvalue weighted by Gasteiger charge is 2.52. The summed E-state index contributed by atoms with van der Waals surface area (Å²) in [6.07, 6.45) is 14.2. The monoisotopic (exact) mass is 324 g/mol. The van der Waals surface area contributed by atoms with Crippen molar-refractivity contribution in [2.24, 2.45) is 17.8 Å². The first-order valence-corrected chi connectivity index (χ1v) is 8.97. The van der Waals surface area contributed by atoms with Gasteiger partial charge < -0.3 is 9.84 Å². The zero-order valence-corrected chi connectivity index (χ0v) is 13.9. The summed E-state index contributed by atoms with van der Waals surface area (Å²) in [5.41, 5.74) is 0.809.